The summed E-state index contributed by atoms with van der Waals surface area (Å²) in [5, 5.41) is 0. The van der Waals surface area contributed by atoms with Gasteiger partial charge in [0, 0.05) is 0 Å². The minimum absolute atomic E-state index is 0.184. The van der Waals surface area contributed by atoms with Crippen molar-refractivity contribution in [2.24, 2.45) is 40.6 Å². The summed E-state index contributed by atoms with van der Waals surface area (Å²) in [7, 11) is 0. The predicted octanol–water partition coefficient (Wildman–Crippen LogP) is 1.18. The van der Waals surface area contributed by atoms with Crippen molar-refractivity contribution >= 4 is 11.8 Å². The molecule has 0 spiro atoms. The summed E-state index contributed by atoms with van der Waals surface area (Å²) < 4.78 is 0. The average molecular weight is 250 g/mol. The van der Waals surface area contributed by atoms with E-state index in [1.54, 1.807) is 0 Å². The van der Waals surface area contributed by atoms with Crippen LogP contribution in [0.15, 0.2) is 0 Å². The Balaban J connectivity index is 1.79. The zero-order valence-corrected chi connectivity index (χ0v) is 10.7. The van der Waals surface area contributed by atoms with Crippen molar-refractivity contribution in [1.29, 1.82) is 0 Å². The van der Waals surface area contributed by atoms with Crippen molar-refractivity contribution in [2.75, 3.05) is 0 Å². The monoisotopic (exact) mass is 250 g/mol. The molecule has 0 aromatic heterocycles. The minimum atomic E-state index is -0.763. The summed E-state index contributed by atoms with van der Waals surface area (Å²) in [6, 6.07) is 0. The molecule has 4 rings (SSSR count). The number of hydrogen-bond donors (Lipinski definition) is 2. The third-order valence-electron chi connectivity index (χ3n) is 5.49. The average Bonchev–Trinajstić information content (AvgIpc) is 2.23. The van der Waals surface area contributed by atoms with Gasteiger partial charge in [-0.1, -0.05) is 0 Å². The van der Waals surface area contributed by atoms with Gasteiger partial charge in [0.1, 0.15) is 5.92 Å². The molecule has 0 aliphatic heterocycles. The smallest absolute Gasteiger partial charge is 0.230 e. The molecule has 0 saturated heterocycles. The van der Waals surface area contributed by atoms with Crippen LogP contribution in [0.25, 0.3) is 0 Å². The van der Waals surface area contributed by atoms with Gasteiger partial charge in [-0.3, -0.25) is 9.59 Å². The van der Waals surface area contributed by atoms with Crippen LogP contribution in [0.1, 0.15) is 44.9 Å². The predicted molar refractivity (Wildman–Crippen MR) is 67.1 cm³/mol. The zero-order chi connectivity index (χ0) is 12.9. The Hall–Kier alpha value is -1.06. The van der Waals surface area contributed by atoms with E-state index < -0.39 is 17.7 Å². The highest BCUT2D eigenvalue weighted by molar-refractivity contribution is 5.98. The Kier molecular flexibility index (Phi) is 2.65. The molecule has 4 aliphatic rings. The quantitative estimate of drug-likeness (QED) is 0.734. The van der Waals surface area contributed by atoms with E-state index >= 15 is 0 Å². The summed E-state index contributed by atoms with van der Waals surface area (Å²) in [4.78, 5) is 22.8. The molecule has 0 aromatic carbocycles. The van der Waals surface area contributed by atoms with E-state index in [2.05, 4.69) is 0 Å². The van der Waals surface area contributed by atoms with E-state index in [0.29, 0.717) is 6.42 Å². The number of carbonyl (C=O) groups is 2. The van der Waals surface area contributed by atoms with Crippen LogP contribution in [-0.4, -0.2) is 11.8 Å². The maximum atomic E-state index is 11.4. The summed E-state index contributed by atoms with van der Waals surface area (Å²) in [5.41, 5.74) is 10.8. The van der Waals surface area contributed by atoms with Gasteiger partial charge in [0.05, 0.1) is 0 Å². The van der Waals surface area contributed by atoms with E-state index in [9.17, 15) is 9.59 Å². The second kappa shape index (κ2) is 3.97. The molecule has 0 atom stereocenters. The molecule has 4 nitrogen and oxygen atoms in total. The standard InChI is InChI=1S/C14H22N2O2/c15-12(17)11(13(16)18)7-14-4-8-1-9(5-14)3-10(2-8)6-14/h8-11H,1-7H2,(H2,15,17)(H2,16,18). The lowest BCUT2D eigenvalue weighted by Gasteiger charge is -2.57. The van der Waals surface area contributed by atoms with Gasteiger partial charge in [-0.25, -0.2) is 0 Å². The largest absolute Gasteiger partial charge is 0.369 e. The van der Waals surface area contributed by atoms with Gasteiger partial charge >= 0.3 is 0 Å². The lowest BCUT2D eigenvalue weighted by atomic mass is 9.48. The Morgan fingerprint density at radius 3 is 1.67 bits per heavy atom. The third kappa shape index (κ3) is 1.91. The molecular formula is C14H22N2O2. The fraction of sp³-hybridized carbons (Fsp3) is 0.857. The maximum absolute atomic E-state index is 11.4. The number of amides is 2. The SMILES string of the molecule is NC(=O)C(CC12CC3CC(CC(C3)C1)C2)C(N)=O. The van der Waals surface area contributed by atoms with Gasteiger partial charge in [0.2, 0.25) is 11.8 Å². The summed E-state index contributed by atoms with van der Waals surface area (Å²) in [5.74, 6) is 0.602. The molecule has 4 heteroatoms. The molecule has 4 saturated carbocycles. The van der Waals surface area contributed by atoms with Gasteiger partial charge in [-0.2, -0.15) is 0 Å². The molecule has 18 heavy (non-hydrogen) atoms. The maximum Gasteiger partial charge on any atom is 0.230 e. The molecule has 4 N–H and O–H groups in total. The molecular weight excluding hydrogens is 228 g/mol. The third-order valence-corrected chi connectivity index (χ3v) is 5.49. The second-order valence-corrected chi connectivity index (χ2v) is 6.98. The Bertz CT molecular complexity index is 342. The number of primary amides is 2. The van der Waals surface area contributed by atoms with E-state index in [0.717, 1.165) is 17.8 Å². The van der Waals surface area contributed by atoms with Crippen molar-refractivity contribution < 1.29 is 9.59 Å². The molecule has 0 aromatic rings. The summed E-state index contributed by atoms with van der Waals surface area (Å²) in [6.45, 7) is 0. The van der Waals surface area contributed by atoms with Crippen LogP contribution in [0.2, 0.25) is 0 Å². The fourth-order valence-corrected chi connectivity index (χ4v) is 5.31. The van der Waals surface area contributed by atoms with Crippen LogP contribution < -0.4 is 11.5 Å². The number of carbonyl (C=O) groups excluding carboxylic acids is 2. The first kappa shape index (κ1) is 12.0. The molecule has 100 valence electrons. The molecule has 4 fully saturated rings. The van der Waals surface area contributed by atoms with Gasteiger partial charge in [0.15, 0.2) is 0 Å². The van der Waals surface area contributed by atoms with Crippen LogP contribution in [0.3, 0.4) is 0 Å². The molecule has 0 unspecified atom stereocenters. The first-order chi connectivity index (χ1) is 8.47. The van der Waals surface area contributed by atoms with Gasteiger partial charge in [0.25, 0.3) is 0 Å². The lowest BCUT2D eigenvalue weighted by Crippen LogP contribution is -2.49. The van der Waals surface area contributed by atoms with Crippen molar-refractivity contribution in [1.82, 2.24) is 0 Å². The van der Waals surface area contributed by atoms with Crippen molar-refractivity contribution in [3.63, 3.8) is 0 Å². The Morgan fingerprint density at radius 1 is 0.944 bits per heavy atom. The van der Waals surface area contributed by atoms with E-state index in [1.165, 1.54) is 38.5 Å². The first-order valence-corrected chi connectivity index (χ1v) is 7.06. The topological polar surface area (TPSA) is 86.2 Å². The van der Waals surface area contributed by atoms with Crippen LogP contribution in [-0.2, 0) is 9.59 Å². The summed E-state index contributed by atoms with van der Waals surface area (Å²) in [6.07, 6.45) is 8.20. The second-order valence-electron chi connectivity index (χ2n) is 6.98. The minimum Gasteiger partial charge on any atom is -0.369 e. The van der Waals surface area contributed by atoms with Gasteiger partial charge in [-0.05, 0) is 68.1 Å². The van der Waals surface area contributed by atoms with Gasteiger partial charge in [-0.15, -0.1) is 0 Å². The van der Waals surface area contributed by atoms with Crippen LogP contribution in [0.5, 0.6) is 0 Å². The lowest BCUT2D eigenvalue weighted by molar-refractivity contribution is -0.136. The molecule has 4 bridgehead atoms. The normalized spacial score (nSPS) is 41.3. The van der Waals surface area contributed by atoms with Crippen molar-refractivity contribution in [3.05, 3.63) is 0 Å². The highest BCUT2D eigenvalue weighted by Crippen LogP contribution is 2.61. The first-order valence-electron chi connectivity index (χ1n) is 7.06. The Morgan fingerprint density at radius 2 is 1.33 bits per heavy atom. The highest BCUT2D eigenvalue weighted by Gasteiger charge is 2.52. The molecule has 4 aliphatic carbocycles. The molecule has 2 amide bonds. The number of rotatable bonds is 4. The van der Waals surface area contributed by atoms with E-state index in [-0.39, 0.29) is 5.41 Å². The summed E-state index contributed by atoms with van der Waals surface area (Å²) >= 11 is 0. The zero-order valence-electron chi connectivity index (χ0n) is 10.7. The van der Waals surface area contributed by atoms with Crippen LogP contribution >= 0.6 is 0 Å². The van der Waals surface area contributed by atoms with Crippen LogP contribution in [0, 0.1) is 29.1 Å². The molecule has 0 radical (unpaired) electrons. The van der Waals surface area contributed by atoms with Crippen molar-refractivity contribution in [2.45, 2.75) is 44.9 Å². The van der Waals surface area contributed by atoms with E-state index in [1.807, 2.05) is 0 Å². The number of hydrogen-bond acceptors (Lipinski definition) is 2. The highest BCUT2D eigenvalue weighted by atomic mass is 16.2. The van der Waals surface area contributed by atoms with Crippen LogP contribution in [0.4, 0.5) is 0 Å². The fourth-order valence-electron chi connectivity index (χ4n) is 5.31. The number of nitrogens with two attached hydrogens (primary N) is 2. The van der Waals surface area contributed by atoms with Crippen molar-refractivity contribution in [3.8, 4) is 0 Å². The Labute approximate surface area is 107 Å². The van der Waals surface area contributed by atoms with E-state index in [4.69, 9.17) is 11.5 Å². The van der Waals surface area contributed by atoms with Gasteiger partial charge < -0.3 is 11.5 Å². The molecule has 0 heterocycles.